The molecule has 0 aliphatic heterocycles. The van der Waals surface area contributed by atoms with Gasteiger partial charge in [-0.25, -0.2) is 0 Å². The number of nitrogens with one attached hydrogen (secondary N) is 2. The molecule has 0 aliphatic rings. The van der Waals surface area contributed by atoms with Crippen LogP contribution in [0.15, 0.2) is 46.9 Å². The first-order valence-electron chi connectivity index (χ1n) is 8.68. The molecule has 0 unspecified atom stereocenters. The number of hydrogen-bond acceptors (Lipinski definition) is 6. The highest BCUT2D eigenvalue weighted by Gasteiger charge is 2.19. The lowest BCUT2D eigenvalue weighted by molar-refractivity contribution is -0.115. The molecule has 3 aromatic rings. The Balaban J connectivity index is 1.58. The molecule has 2 aromatic heterocycles. The minimum Gasteiger partial charge on any atom is -0.326 e. The van der Waals surface area contributed by atoms with Crippen LogP contribution in [0.4, 0.5) is 11.4 Å². The van der Waals surface area contributed by atoms with E-state index in [9.17, 15) is 9.59 Å². The van der Waals surface area contributed by atoms with Gasteiger partial charge in [-0.1, -0.05) is 17.8 Å². The molecule has 0 radical (unpaired) electrons. The van der Waals surface area contributed by atoms with E-state index in [0.29, 0.717) is 16.5 Å². The summed E-state index contributed by atoms with van der Waals surface area (Å²) in [6, 6.07) is 11.1. The predicted octanol–water partition coefficient (Wildman–Crippen LogP) is 3.55. The third kappa shape index (κ3) is 5.20. The molecule has 2 heterocycles. The van der Waals surface area contributed by atoms with Gasteiger partial charge in [0.15, 0.2) is 5.16 Å². The van der Waals surface area contributed by atoms with Crippen LogP contribution in [-0.4, -0.2) is 31.8 Å². The Morgan fingerprint density at radius 1 is 1.14 bits per heavy atom. The van der Waals surface area contributed by atoms with Gasteiger partial charge in [0.2, 0.25) is 11.8 Å². The summed E-state index contributed by atoms with van der Waals surface area (Å²) in [5.74, 6) is 0.607. The zero-order chi connectivity index (χ0) is 20.1. The van der Waals surface area contributed by atoms with Crippen molar-refractivity contribution in [3.8, 4) is 0 Å². The van der Waals surface area contributed by atoms with Crippen molar-refractivity contribution in [2.45, 2.75) is 30.7 Å². The SMILES string of the molecule is CC(=O)Nc1ccc(NC(=O)[C@@H](C)Sc2nnc(Cc3cccs3)n2C)cc1. The lowest BCUT2D eigenvalue weighted by atomic mass is 10.2. The number of benzene rings is 1. The van der Waals surface area contributed by atoms with Gasteiger partial charge in [-0.3, -0.25) is 9.59 Å². The van der Waals surface area contributed by atoms with Crippen molar-refractivity contribution in [3.05, 3.63) is 52.5 Å². The van der Waals surface area contributed by atoms with E-state index in [0.717, 1.165) is 12.2 Å². The molecule has 0 bridgehead atoms. The Hall–Kier alpha value is -2.65. The Morgan fingerprint density at radius 3 is 2.43 bits per heavy atom. The standard InChI is InChI=1S/C19H21N5O2S2/c1-12(18(26)21-15-8-6-14(7-9-15)20-13(2)25)28-19-23-22-17(24(19)3)11-16-5-4-10-27-16/h4-10,12H,11H2,1-3H3,(H,20,25)(H,21,26)/t12-/m1/s1. The van der Waals surface area contributed by atoms with Crippen LogP contribution in [0.1, 0.15) is 24.5 Å². The predicted molar refractivity (Wildman–Crippen MR) is 113 cm³/mol. The molecule has 7 nitrogen and oxygen atoms in total. The quantitative estimate of drug-likeness (QED) is 0.576. The van der Waals surface area contributed by atoms with Gasteiger partial charge >= 0.3 is 0 Å². The van der Waals surface area contributed by atoms with Crippen LogP contribution in [0.3, 0.4) is 0 Å². The number of amides is 2. The van der Waals surface area contributed by atoms with Crippen LogP contribution in [-0.2, 0) is 23.1 Å². The summed E-state index contributed by atoms with van der Waals surface area (Å²) in [7, 11) is 1.91. The zero-order valence-electron chi connectivity index (χ0n) is 15.8. The van der Waals surface area contributed by atoms with E-state index >= 15 is 0 Å². The van der Waals surface area contributed by atoms with Crippen LogP contribution in [0.2, 0.25) is 0 Å². The minimum atomic E-state index is -0.340. The second-order valence-corrected chi connectivity index (χ2v) is 8.56. The third-order valence-electron chi connectivity index (χ3n) is 3.96. The van der Waals surface area contributed by atoms with E-state index in [1.807, 2.05) is 30.0 Å². The molecule has 0 spiro atoms. The largest absolute Gasteiger partial charge is 0.326 e. The lowest BCUT2D eigenvalue weighted by Gasteiger charge is -2.12. The van der Waals surface area contributed by atoms with Gasteiger partial charge in [-0.05, 0) is 42.6 Å². The molecule has 0 saturated heterocycles. The Kier molecular flexibility index (Phi) is 6.48. The first kappa shape index (κ1) is 20.1. The van der Waals surface area contributed by atoms with Crippen LogP contribution < -0.4 is 10.6 Å². The average molecular weight is 416 g/mol. The highest BCUT2D eigenvalue weighted by molar-refractivity contribution is 8.00. The number of rotatable bonds is 7. The molecule has 0 saturated carbocycles. The number of carbonyl (C=O) groups is 2. The maximum atomic E-state index is 12.5. The van der Waals surface area contributed by atoms with Crippen molar-refractivity contribution in [2.24, 2.45) is 7.05 Å². The summed E-state index contributed by atoms with van der Waals surface area (Å²) in [5, 5.41) is 16.4. The number of nitrogens with zero attached hydrogens (tertiary/aromatic N) is 3. The maximum absolute atomic E-state index is 12.5. The second kappa shape index (κ2) is 9.03. The van der Waals surface area contributed by atoms with E-state index in [2.05, 4.69) is 26.9 Å². The molecular weight excluding hydrogens is 394 g/mol. The van der Waals surface area contributed by atoms with Crippen molar-refractivity contribution < 1.29 is 9.59 Å². The highest BCUT2D eigenvalue weighted by atomic mass is 32.2. The number of hydrogen-bond donors (Lipinski definition) is 2. The molecule has 28 heavy (non-hydrogen) atoms. The molecule has 2 amide bonds. The first-order valence-corrected chi connectivity index (χ1v) is 10.4. The third-order valence-corrected chi connectivity index (χ3v) is 5.97. The van der Waals surface area contributed by atoms with Gasteiger partial charge in [-0.2, -0.15) is 0 Å². The number of anilines is 2. The normalized spacial score (nSPS) is 11.8. The molecule has 9 heteroatoms. The summed E-state index contributed by atoms with van der Waals surface area (Å²) in [4.78, 5) is 24.8. The van der Waals surface area contributed by atoms with E-state index < -0.39 is 0 Å². The van der Waals surface area contributed by atoms with Crippen molar-refractivity contribution in [3.63, 3.8) is 0 Å². The first-order chi connectivity index (χ1) is 13.4. The van der Waals surface area contributed by atoms with Crippen molar-refractivity contribution in [1.82, 2.24) is 14.8 Å². The van der Waals surface area contributed by atoms with Gasteiger partial charge in [0, 0.05) is 36.6 Å². The molecule has 0 aliphatic carbocycles. The van der Waals surface area contributed by atoms with Crippen LogP contribution in [0.25, 0.3) is 0 Å². The van der Waals surface area contributed by atoms with Crippen LogP contribution in [0, 0.1) is 0 Å². The highest BCUT2D eigenvalue weighted by Crippen LogP contribution is 2.24. The Bertz CT molecular complexity index is 951. The maximum Gasteiger partial charge on any atom is 0.237 e. The summed E-state index contributed by atoms with van der Waals surface area (Å²) in [6.45, 7) is 3.28. The fourth-order valence-corrected chi connectivity index (χ4v) is 4.00. The Morgan fingerprint density at radius 2 is 1.82 bits per heavy atom. The van der Waals surface area contributed by atoms with Crippen LogP contribution >= 0.6 is 23.1 Å². The number of carbonyl (C=O) groups excluding carboxylic acids is 2. The van der Waals surface area contributed by atoms with Gasteiger partial charge in [0.1, 0.15) is 5.82 Å². The second-order valence-electron chi connectivity index (χ2n) is 6.22. The fraction of sp³-hybridized carbons (Fsp3) is 0.263. The number of aromatic nitrogens is 3. The van der Waals surface area contributed by atoms with Crippen molar-refractivity contribution in [2.75, 3.05) is 10.6 Å². The van der Waals surface area contributed by atoms with E-state index in [-0.39, 0.29) is 17.1 Å². The van der Waals surface area contributed by atoms with Gasteiger partial charge < -0.3 is 15.2 Å². The number of thioether (sulfide) groups is 1. The topological polar surface area (TPSA) is 88.9 Å². The monoisotopic (exact) mass is 415 g/mol. The molecular formula is C19H21N5O2S2. The molecule has 0 fully saturated rings. The van der Waals surface area contributed by atoms with Crippen molar-refractivity contribution >= 4 is 46.3 Å². The molecule has 3 rings (SSSR count). The minimum absolute atomic E-state index is 0.125. The molecule has 146 valence electrons. The van der Waals surface area contributed by atoms with Crippen LogP contribution in [0.5, 0.6) is 0 Å². The fourth-order valence-electron chi connectivity index (χ4n) is 2.47. The smallest absolute Gasteiger partial charge is 0.237 e. The molecule has 1 atom stereocenters. The summed E-state index contributed by atoms with van der Waals surface area (Å²) >= 11 is 3.05. The van der Waals surface area contributed by atoms with E-state index in [4.69, 9.17) is 0 Å². The molecule has 1 aromatic carbocycles. The number of thiophene rings is 1. The Labute approximate surface area is 171 Å². The average Bonchev–Trinajstić information content (AvgIpc) is 3.28. The lowest BCUT2D eigenvalue weighted by Crippen LogP contribution is -2.22. The van der Waals surface area contributed by atoms with Crippen molar-refractivity contribution in [1.29, 1.82) is 0 Å². The van der Waals surface area contributed by atoms with E-state index in [1.165, 1.54) is 23.6 Å². The summed E-state index contributed by atoms with van der Waals surface area (Å²) < 4.78 is 1.93. The van der Waals surface area contributed by atoms with E-state index in [1.54, 1.807) is 35.6 Å². The summed E-state index contributed by atoms with van der Waals surface area (Å²) in [5.41, 5.74) is 1.35. The van der Waals surface area contributed by atoms with Gasteiger partial charge in [-0.15, -0.1) is 21.5 Å². The summed E-state index contributed by atoms with van der Waals surface area (Å²) in [6.07, 6.45) is 0.725. The molecule has 2 N–H and O–H groups in total. The van der Waals surface area contributed by atoms with Gasteiger partial charge in [0.05, 0.1) is 5.25 Å². The zero-order valence-corrected chi connectivity index (χ0v) is 17.4. The van der Waals surface area contributed by atoms with Gasteiger partial charge in [0.25, 0.3) is 0 Å².